The highest BCUT2D eigenvalue weighted by atomic mass is 16.5. The minimum absolute atomic E-state index is 0.108. The predicted octanol–water partition coefficient (Wildman–Crippen LogP) is 3.71. The number of methoxy groups -OCH3 is 1. The first-order chi connectivity index (χ1) is 17.5. The first-order valence-corrected chi connectivity index (χ1v) is 12.1. The van der Waals surface area contributed by atoms with Crippen LogP contribution in [0.1, 0.15) is 55.2 Å². The molecule has 0 unspecified atom stereocenters. The van der Waals surface area contributed by atoms with Crippen molar-refractivity contribution in [1.29, 1.82) is 0 Å². The van der Waals surface area contributed by atoms with Gasteiger partial charge >= 0.3 is 0 Å². The standard InChI is InChI=1S/C28H33N3O5/c1-36-24-7-5-6-22(19-24)25(28(34)30-23-14-15-23)18-21-11-9-20(10-12-21)13-16-26(32)29-17-4-2-3-8-27(33)31-35/h5-7,9-13,16,18-19,23,35H,2-4,8,14-15,17H2,1H3,(H,29,32)(H,30,34)(H,31,33)/b16-13?,25-18+. The largest absolute Gasteiger partial charge is 0.497 e. The SMILES string of the molecule is COc1cccc(/C(=C\c2ccc(C=CC(=O)NCCCCCC(=O)NO)cc2)C(=O)NC2CC2)c1. The molecular weight excluding hydrogens is 458 g/mol. The van der Waals surface area contributed by atoms with Gasteiger partial charge in [-0.25, -0.2) is 5.48 Å². The molecule has 190 valence electrons. The zero-order chi connectivity index (χ0) is 25.8. The van der Waals surface area contributed by atoms with Crippen LogP contribution in [0.3, 0.4) is 0 Å². The van der Waals surface area contributed by atoms with E-state index in [-0.39, 0.29) is 24.3 Å². The average molecular weight is 492 g/mol. The Morgan fingerprint density at radius 2 is 1.78 bits per heavy atom. The van der Waals surface area contributed by atoms with Crippen molar-refractivity contribution in [3.63, 3.8) is 0 Å². The van der Waals surface area contributed by atoms with Gasteiger partial charge in [-0.15, -0.1) is 0 Å². The number of carbonyl (C=O) groups excluding carboxylic acids is 3. The summed E-state index contributed by atoms with van der Waals surface area (Å²) in [5, 5.41) is 14.3. The molecule has 1 aliphatic carbocycles. The average Bonchev–Trinajstić information content (AvgIpc) is 3.72. The molecule has 3 amide bonds. The number of unbranched alkanes of at least 4 members (excludes halogenated alkanes) is 2. The molecule has 4 N–H and O–H groups in total. The molecular formula is C28H33N3O5. The van der Waals surface area contributed by atoms with Crippen molar-refractivity contribution in [2.45, 2.75) is 44.6 Å². The molecule has 1 aliphatic rings. The molecule has 2 aromatic carbocycles. The Balaban J connectivity index is 1.57. The fraction of sp³-hybridized carbons (Fsp3) is 0.321. The molecule has 0 aromatic heterocycles. The van der Waals surface area contributed by atoms with Crippen molar-refractivity contribution in [3.8, 4) is 5.75 Å². The van der Waals surface area contributed by atoms with Crippen LogP contribution in [0.15, 0.2) is 54.6 Å². The van der Waals surface area contributed by atoms with Crippen LogP contribution in [0.25, 0.3) is 17.7 Å². The van der Waals surface area contributed by atoms with E-state index in [1.807, 2.05) is 54.6 Å². The minimum atomic E-state index is -0.401. The van der Waals surface area contributed by atoms with Crippen molar-refractivity contribution in [1.82, 2.24) is 16.1 Å². The Kier molecular flexibility index (Phi) is 10.3. The second-order valence-electron chi connectivity index (χ2n) is 8.67. The van der Waals surface area contributed by atoms with E-state index in [4.69, 9.17) is 9.94 Å². The number of nitrogens with one attached hydrogen (secondary N) is 3. The molecule has 3 rings (SSSR count). The molecule has 8 heteroatoms. The van der Waals surface area contributed by atoms with E-state index in [0.717, 1.165) is 42.4 Å². The highest BCUT2D eigenvalue weighted by Gasteiger charge is 2.25. The molecule has 0 aliphatic heterocycles. The highest BCUT2D eigenvalue weighted by Crippen LogP contribution is 2.26. The second-order valence-corrected chi connectivity index (χ2v) is 8.67. The number of amides is 3. The van der Waals surface area contributed by atoms with E-state index in [1.165, 1.54) is 6.08 Å². The normalized spacial score (nSPS) is 13.3. The molecule has 0 heterocycles. The molecule has 0 spiro atoms. The zero-order valence-electron chi connectivity index (χ0n) is 20.5. The summed E-state index contributed by atoms with van der Waals surface area (Å²) in [6, 6.07) is 15.3. The van der Waals surface area contributed by atoms with Gasteiger partial charge in [0.2, 0.25) is 11.8 Å². The number of ether oxygens (including phenoxy) is 1. The summed E-state index contributed by atoms with van der Waals surface area (Å²) in [6.07, 6.45) is 9.54. The Bertz CT molecular complexity index is 1100. The van der Waals surface area contributed by atoms with Gasteiger partial charge in [-0.3, -0.25) is 19.6 Å². The maximum Gasteiger partial charge on any atom is 0.252 e. The van der Waals surface area contributed by atoms with Gasteiger partial charge in [-0.05, 0) is 66.7 Å². The number of rotatable bonds is 13. The highest BCUT2D eigenvalue weighted by molar-refractivity contribution is 6.24. The molecule has 0 saturated heterocycles. The van der Waals surface area contributed by atoms with E-state index in [0.29, 0.717) is 24.3 Å². The Hall–Kier alpha value is -3.91. The van der Waals surface area contributed by atoms with Crippen molar-refractivity contribution >= 4 is 35.4 Å². The fourth-order valence-electron chi connectivity index (χ4n) is 3.52. The van der Waals surface area contributed by atoms with Crippen LogP contribution < -0.4 is 20.9 Å². The van der Waals surface area contributed by atoms with Gasteiger partial charge in [0.1, 0.15) is 5.75 Å². The van der Waals surface area contributed by atoms with E-state index in [9.17, 15) is 14.4 Å². The van der Waals surface area contributed by atoms with Crippen LogP contribution in [0.5, 0.6) is 5.75 Å². The summed E-state index contributed by atoms with van der Waals surface area (Å²) >= 11 is 0. The van der Waals surface area contributed by atoms with Crippen molar-refractivity contribution in [2.75, 3.05) is 13.7 Å². The smallest absolute Gasteiger partial charge is 0.252 e. The lowest BCUT2D eigenvalue weighted by atomic mass is 10.0. The number of hydrogen-bond donors (Lipinski definition) is 4. The summed E-state index contributed by atoms with van der Waals surface area (Å²) in [5.74, 6) is -0.0146. The lowest BCUT2D eigenvalue weighted by Gasteiger charge is -2.10. The number of benzene rings is 2. The number of carbonyl (C=O) groups is 3. The van der Waals surface area contributed by atoms with E-state index < -0.39 is 5.91 Å². The maximum atomic E-state index is 12.9. The summed E-state index contributed by atoms with van der Waals surface area (Å²) < 4.78 is 5.32. The molecule has 0 atom stereocenters. The third kappa shape index (κ3) is 9.03. The van der Waals surface area contributed by atoms with Crippen LogP contribution in [-0.2, 0) is 14.4 Å². The van der Waals surface area contributed by atoms with Crippen LogP contribution in [0.4, 0.5) is 0 Å². The summed E-state index contributed by atoms with van der Waals surface area (Å²) in [7, 11) is 1.60. The molecule has 2 aromatic rings. The summed E-state index contributed by atoms with van der Waals surface area (Å²) in [6.45, 7) is 0.517. The third-order valence-corrected chi connectivity index (χ3v) is 5.72. The molecule has 0 radical (unpaired) electrons. The molecule has 1 saturated carbocycles. The molecule has 1 fully saturated rings. The van der Waals surface area contributed by atoms with Gasteiger partial charge in [0, 0.05) is 30.7 Å². The van der Waals surface area contributed by atoms with Crippen LogP contribution >= 0.6 is 0 Å². The van der Waals surface area contributed by atoms with Crippen molar-refractivity contribution in [2.24, 2.45) is 0 Å². The summed E-state index contributed by atoms with van der Waals surface area (Å²) in [4.78, 5) is 35.9. The molecule has 8 nitrogen and oxygen atoms in total. The Morgan fingerprint density at radius 1 is 1.03 bits per heavy atom. The Morgan fingerprint density at radius 3 is 2.47 bits per heavy atom. The van der Waals surface area contributed by atoms with Gasteiger partial charge in [-0.1, -0.05) is 42.8 Å². The van der Waals surface area contributed by atoms with Crippen molar-refractivity contribution in [3.05, 3.63) is 71.3 Å². The maximum absolute atomic E-state index is 12.9. The predicted molar refractivity (Wildman–Crippen MR) is 139 cm³/mol. The van der Waals surface area contributed by atoms with E-state index >= 15 is 0 Å². The van der Waals surface area contributed by atoms with E-state index in [2.05, 4.69) is 10.6 Å². The first-order valence-electron chi connectivity index (χ1n) is 12.1. The second kappa shape index (κ2) is 13.8. The zero-order valence-corrected chi connectivity index (χ0v) is 20.5. The number of hydroxylamine groups is 1. The van der Waals surface area contributed by atoms with Gasteiger partial charge in [-0.2, -0.15) is 0 Å². The van der Waals surface area contributed by atoms with E-state index in [1.54, 1.807) is 18.7 Å². The van der Waals surface area contributed by atoms with Gasteiger partial charge in [0.15, 0.2) is 0 Å². The lowest BCUT2D eigenvalue weighted by Crippen LogP contribution is -2.26. The minimum Gasteiger partial charge on any atom is -0.497 e. The monoisotopic (exact) mass is 491 g/mol. The van der Waals surface area contributed by atoms with Gasteiger partial charge in [0.05, 0.1) is 7.11 Å². The third-order valence-electron chi connectivity index (χ3n) is 5.72. The van der Waals surface area contributed by atoms with Gasteiger partial charge < -0.3 is 15.4 Å². The fourth-order valence-corrected chi connectivity index (χ4v) is 3.52. The van der Waals surface area contributed by atoms with Crippen LogP contribution in [-0.4, -0.2) is 42.6 Å². The summed E-state index contributed by atoms with van der Waals surface area (Å²) in [5.41, 5.74) is 4.69. The van der Waals surface area contributed by atoms with Crippen LogP contribution in [0.2, 0.25) is 0 Å². The van der Waals surface area contributed by atoms with Gasteiger partial charge in [0.25, 0.3) is 5.91 Å². The first kappa shape index (κ1) is 26.7. The number of hydrogen-bond acceptors (Lipinski definition) is 5. The quantitative estimate of drug-likeness (QED) is 0.112. The topological polar surface area (TPSA) is 117 Å². The molecule has 36 heavy (non-hydrogen) atoms. The van der Waals surface area contributed by atoms with Crippen molar-refractivity contribution < 1.29 is 24.3 Å². The Labute approximate surface area is 211 Å². The lowest BCUT2D eigenvalue weighted by molar-refractivity contribution is -0.129. The van der Waals surface area contributed by atoms with Crippen LogP contribution in [0, 0.1) is 0 Å². The molecule has 0 bridgehead atoms.